The minimum absolute atomic E-state index is 0.134. The van der Waals surface area contributed by atoms with Crippen LogP contribution in [0.15, 0.2) is 48.5 Å². The zero-order valence-electron chi connectivity index (χ0n) is 10.6. The Morgan fingerprint density at radius 1 is 1.16 bits per heavy atom. The van der Waals surface area contributed by atoms with E-state index in [4.69, 9.17) is 11.6 Å². The molecule has 19 heavy (non-hydrogen) atoms. The van der Waals surface area contributed by atoms with E-state index in [9.17, 15) is 9.18 Å². The maximum atomic E-state index is 13.0. The van der Waals surface area contributed by atoms with Crippen molar-refractivity contribution in [3.05, 3.63) is 71.0 Å². The molecule has 1 nitrogen and oxygen atoms in total. The van der Waals surface area contributed by atoms with E-state index in [2.05, 4.69) is 0 Å². The van der Waals surface area contributed by atoms with Crippen LogP contribution in [0, 0.1) is 12.7 Å². The average molecular weight is 277 g/mol. The van der Waals surface area contributed by atoms with Gasteiger partial charge in [0.05, 0.1) is 0 Å². The van der Waals surface area contributed by atoms with Gasteiger partial charge in [-0.25, -0.2) is 4.39 Å². The fraction of sp³-hybridized carbons (Fsp3) is 0.188. The van der Waals surface area contributed by atoms with Crippen molar-refractivity contribution >= 4 is 16.8 Å². The number of carbonyl (C=O) groups excluding carboxylic acids is 1. The molecule has 0 N–H and O–H groups in total. The highest BCUT2D eigenvalue weighted by Gasteiger charge is 2.17. The molecule has 0 heterocycles. The van der Waals surface area contributed by atoms with Crippen LogP contribution in [0.5, 0.6) is 0 Å². The smallest absolute Gasteiger partial charge is 0.222 e. The Kier molecular flexibility index (Phi) is 4.33. The van der Waals surface area contributed by atoms with Gasteiger partial charge in [0.2, 0.25) is 5.24 Å². The van der Waals surface area contributed by atoms with Gasteiger partial charge in [0.15, 0.2) is 0 Å². The van der Waals surface area contributed by atoms with Crippen molar-refractivity contribution in [2.45, 2.75) is 19.3 Å². The van der Waals surface area contributed by atoms with Gasteiger partial charge in [0.25, 0.3) is 0 Å². The molecule has 0 saturated carbocycles. The summed E-state index contributed by atoms with van der Waals surface area (Å²) in [5.74, 6) is -0.422. The molecule has 2 rings (SSSR count). The van der Waals surface area contributed by atoms with Gasteiger partial charge in [0.1, 0.15) is 5.82 Å². The third-order valence-electron chi connectivity index (χ3n) is 3.08. The van der Waals surface area contributed by atoms with Crippen LogP contribution in [-0.4, -0.2) is 5.24 Å². The van der Waals surface area contributed by atoms with E-state index in [0.29, 0.717) is 0 Å². The zero-order valence-corrected chi connectivity index (χ0v) is 11.3. The predicted molar refractivity (Wildman–Crippen MR) is 74.9 cm³/mol. The lowest BCUT2D eigenvalue weighted by Gasteiger charge is -2.16. The van der Waals surface area contributed by atoms with Crippen LogP contribution in [0.3, 0.4) is 0 Å². The highest BCUT2D eigenvalue weighted by molar-refractivity contribution is 6.63. The average Bonchev–Trinajstić information content (AvgIpc) is 2.37. The summed E-state index contributed by atoms with van der Waals surface area (Å²) in [5, 5.41) is -0.393. The highest BCUT2D eigenvalue weighted by Crippen LogP contribution is 2.29. The van der Waals surface area contributed by atoms with Crippen molar-refractivity contribution in [1.29, 1.82) is 0 Å². The second-order valence-electron chi connectivity index (χ2n) is 4.58. The summed E-state index contributed by atoms with van der Waals surface area (Å²) in [6.45, 7) is 1.99. The standard InChI is InChI=1S/C16H14ClFO/c1-11-3-2-4-13(9-11)15(10-16(17)19)12-5-7-14(18)8-6-12/h2-9,15H,10H2,1H3. The molecule has 0 fully saturated rings. The van der Waals surface area contributed by atoms with Crippen LogP contribution in [0.2, 0.25) is 0 Å². The van der Waals surface area contributed by atoms with E-state index in [1.807, 2.05) is 31.2 Å². The molecule has 0 aromatic heterocycles. The van der Waals surface area contributed by atoms with Crippen LogP contribution < -0.4 is 0 Å². The number of carbonyl (C=O) groups is 1. The lowest BCUT2D eigenvalue weighted by atomic mass is 9.88. The second-order valence-corrected chi connectivity index (χ2v) is 5.00. The van der Waals surface area contributed by atoms with Crippen molar-refractivity contribution in [2.75, 3.05) is 0 Å². The van der Waals surface area contributed by atoms with Crippen molar-refractivity contribution in [3.63, 3.8) is 0 Å². The third kappa shape index (κ3) is 3.65. The first-order valence-electron chi connectivity index (χ1n) is 6.06. The molecule has 2 aromatic carbocycles. The molecule has 0 aliphatic carbocycles. The van der Waals surface area contributed by atoms with E-state index in [0.717, 1.165) is 16.7 Å². The maximum absolute atomic E-state index is 13.0. The molecule has 0 radical (unpaired) electrons. The molecule has 2 aromatic rings. The molecule has 1 atom stereocenters. The van der Waals surface area contributed by atoms with Gasteiger partial charge in [-0.05, 0) is 41.8 Å². The Bertz CT molecular complexity index is 578. The topological polar surface area (TPSA) is 17.1 Å². The first-order chi connectivity index (χ1) is 9.06. The van der Waals surface area contributed by atoms with Crippen LogP contribution in [0.4, 0.5) is 4.39 Å². The molecule has 1 unspecified atom stereocenters. The SMILES string of the molecule is Cc1cccc(C(CC(=O)Cl)c2ccc(F)cc2)c1. The molecule has 0 saturated heterocycles. The Labute approximate surface area is 117 Å². The summed E-state index contributed by atoms with van der Waals surface area (Å²) in [5.41, 5.74) is 3.02. The van der Waals surface area contributed by atoms with Gasteiger partial charge in [0, 0.05) is 12.3 Å². The number of halogens is 2. The van der Waals surface area contributed by atoms with E-state index < -0.39 is 5.24 Å². The minimum Gasteiger partial charge on any atom is -0.281 e. The van der Waals surface area contributed by atoms with Gasteiger partial charge in [-0.2, -0.15) is 0 Å². The summed E-state index contributed by atoms with van der Waals surface area (Å²) < 4.78 is 13.0. The van der Waals surface area contributed by atoms with Gasteiger partial charge >= 0.3 is 0 Å². The van der Waals surface area contributed by atoms with Gasteiger partial charge < -0.3 is 0 Å². The molecule has 3 heteroatoms. The van der Waals surface area contributed by atoms with Crippen molar-refractivity contribution in [2.24, 2.45) is 0 Å². The summed E-state index contributed by atoms with van der Waals surface area (Å²) in [6, 6.07) is 14.1. The largest absolute Gasteiger partial charge is 0.281 e. The Hall–Kier alpha value is -1.67. The molecular weight excluding hydrogens is 263 g/mol. The second kappa shape index (κ2) is 5.98. The number of hydrogen-bond acceptors (Lipinski definition) is 1. The van der Waals surface area contributed by atoms with Crippen LogP contribution in [0.1, 0.15) is 29.0 Å². The van der Waals surface area contributed by atoms with E-state index in [1.165, 1.54) is 12.1 Å². The number of rotatable bonds is 4. The zero-order chi connectivity index (χ0) is 13.8. The third-order valence-corrected chi connectivity index (χ3v) is 3.24. The van der Waals surface area contributed by atoms with Gasteiger partial charge in [-0.1, -0.05) is 42.0 Å². The fourth-order valence-corrected chi connectivity index (χ4v) is 2.32. The lowest BCUT2D eigenvalue weighted by molar-refractivity contribution is -0.111. The van der Waals surface area contributed by atoms with Crippen molar-refractivity contribution in [3.8, 4) is 0 Å². The van der Waals surface area contributed by atoms with Crippen LogP contribution in [0.25, 0.3) is 0 Å². The minimum atomic E-state index is -0.393. The Morgan fingerprint density at radius 3 is 2.42 bits per heavy atom. The quantitative estimate of drug-likeness (QED) is 0.756. The van der Waals surface area contributed by atoms with Gasteiger partial charge in [-0.15, -0.1) is 0 Å². The fourth-order valence-electron chi connectivity index (χ4n) is 2.17. The number of aryl methyl sites for hydroxylation is 1. The van der Waals surface area contributed by atoms with E-state index in [1.54, 1.807) is 12.1 Å². The summed E-state index contributed by atoms with van der Waals surface area (Å²) >= 11 is 5.53. The lowest BCUT2D eigenvalue weighted by Crippen LogP contribution is -2.05. The summed E-state index contributed by atoms with van der Waals surface area (Å²) in [4.78, 5) is 11.2. The molecule has 0 spiro atoms. The van der Waals surface area contributed by atoms with E-state index in [-0.39, 0.29) is 18.2 Å². The maximum Gasteiger partial charge on any atom is 0.222 e. The Morgan fingerprint density at radius 2 is 1.84 bits per heavy atom. The molecular formula is C16H14ClFO. The molecule has 0 aliphatic heterocycles. The van der Waals surface area contributed by atoms with Crippen molar-refractivity contribution in [1.82, 2.24) is 0 Å². The molecule has 0 aliphatic rings. The van der Waals surface area contributed by atoms with Crippen LogP contribution in [-0.2, 0) is 4.79 Å². The number of hydrogen-bond donors (Lipinski definition) is 0. The summed E-state index contributed by atoms with van der Waals surface area (Å²) in [7, 11) is 0. The summed E-state index contributed by atoms with van der Waals surface area (Å²) in [6.07, 6.45) is 0.205. The first kappa shape index (κ1) is 13.8. The first-order valence-corrected chi connectivity index (χ1v) is 6.44. The predicted octanol–water partition coefficient (Wildman–Crippen LogP) is 4.42. The molecule has 0 amide bonds. The highest BCUT2D eigenvalue weighted by atomic mass is 35.5. The van der Waals surface area contributed by atoms with E-state index >= 15 is 0 Å². The normalized spacial score (nSPS) is 12.2. The molecule has 0 bridgehead atoms. The molecule has 98 valence electrons. The Balaban J connectivity index is 2.40. The number of benzene rings is 2. The van der Waals surface area contributed by atoms with Crippen molar-refractivity contribution < 1.29 is 9.18 Å². The van der Waals surface area contributed by atoms with Crippen LogP contribution >= 0.6 is 11.6 Å². The van der Waals surface area contributed by atoms with Gasteiger partial charge in [-0.3, -0.25) is 4.79 Å². The monoisotopic (exact) mass is 276 g/mol.